The van der Waals surface area contributed by atoms with Gasteiger partial charge >= 0.3 is 5.97 Å². The van der Waals surface area contributed by atoms with Gasteiger partial charge in [0.25, 0.3) is 0 Å². The molecular formula is C18H14O4. The Hall–Kier alpha value is -2.72. The van der Waals surface area contributed by atoms with Crippen LogP contribution in [0.1, 0.15) is 21.5 Å². The van der Waals surface area contributed by atoms with E-state index in [1.165, 1.54) is 6.08 Å². The number of Topliss-reactive ketones (excluding diaryl/α,β-unsaturated/α-hetero) is 1. The molecular weight excluding hydrogens is 280 g/mol. The van der Waals surface area contributed by atoms with E-state index in [1.807, 2.05) is 30.3 Å². The number of ether oxygens (including phenoxy) is 1. The van der Waals surface area contributed by atoms with E-state index < -0.39 is 11.6 Å². The van der Waals surface area contributed by atoms with Gasteiger partial charge in [0.1, 0.15) is 0 Å². The summed E-state index contributed by atoms with van der Waals surface area (Å²) in [4.78, 5) is 23.2. The lowest BCUT2D eigenvalue weighted by molar-refractivity contribution is -0.131. The summed E-state index contributed by atoms with van der Waals surface area (Å²) in [5.41, 5.74) is 1.27. The average molecular weight is 294 g/mol. The molecule has 1 heterocycles. The molecule has 0 aliphatic carbocycles. The fourth-order valence-corrected chi connectivity index (χ4v) is 2.35. The molecule has 2 aromatic carbocycles. The fourth-order valence-electron chi connectivity index (χ4n) is 2.35. The van der Waals surface area contributed by atoms with Gasteiger partial charge in [-0.2, -0.15) is 0 Å². The first-order valence-electron chi connectivity index (χ1n) is 6.87. The lowest BCUT2D eigenvalue weighted by atomic mass is 9.91. The van der Waals surface area contributed by atoms with Crippen LogP contribution in [0.2, 0.25) is 0 Å². The van der Waals surface area contributed by atoms with E-state index in [-0.39, 0.29) is 5.78 Å². The summed E-state index contributed by atoms with van der Waals surface area (Å²) in [5, 5.41) is 8.60. The minimum Gasteiger partial charge on any atom is -0.478 e. The predicted molar refractivity (Wildman–Crippen MR) is 81.5 cm³/mol. The van der Waals surface area contributed by atoms with E-state index in [1.54, 1.807) is 24.3 Å². The first kappa shape index (κ1) is 14.2. The summed E-state index contributed by atoms with van der Waals surface area (Å²) in [7, 11) is 0. The van der Waals surface area contributed by atoms with Crippen LogP contribution in [-0.2, 0) is 15.1 Å². The van der Waals surface area contributed by atoms with Crippen LogP contribution in [0, 0.1) is 0 Å². The number of ketones is 1. The lowest BCUT2D eigenvalue weighted by Crippen LogP contribution is -2.22. The first-order valence-corrected chi connectivity index (χ1v) is 6.87. The van der Waals surface area contributed by atoms with Gasteiger partial charge in [-0.3, -0.25) is 4.79 Å². The van der Waals surface area contributed by atoms with Gasteiger partial charge in [-0.05, 0) is 17.2 Å². The summed E-state index contributed by atoms with van der Waals surface area (Å²) < 4.78 is 5.47. The van der Waals surface area contributed by atoms with Crippen molar-refractivity contribution >= 4 is 17.8 Å². The fraction of sp³-hybridized carbons (Fsp3) is 0.111. The van der Waals surface area contributed by atoms with Gasteiger partial charge in [0.2, 0.25) is 5.78 Å². The van der Waals surface area contributed by atoms with Crippen LogP contribution in [0.5, 0.6) is 0 Å². The Balaban J connectivity index is 1.83. The van der Waals surface area contributed by atoms with Gasteiger partial charge in [-0.15, -0.1) is 0 Å². The molecule has 1 N–H and O–H groups in total. The third-order valence-electron chi connectivity index (χ3n) is 3.63. The molecule has 1 aliphatic heterocycles. The Kier molecular flexibility index (Phi) is 3.61. The number of benzene rings is 2. The number of hydrogen-bond donors (Lipinski definition) is 1. The summed E-state index contributed by atoms with van der Waals surface area (Å²) in [6.07, 6.45) is 2.55. The van der Waals surface area contributed by atoms with Crippen molar-refractivity contribution < 1.29 is 19.4 Å². The van der Waals surface area contributed by atoms with Crippen LogP contribution in [0.4, 0.5) is 0 Å². The van der Waals surface area contributed by atoms with E-state index >= 15 is 0 Å². The van der Waals surface area contributed by atoms with Crippen LogP contribution in [-0.4, -0.2) is 23.5 Å². The molecule has 0 amide bonds. The van der Waals surface area contributed by atoms with E-state index in [2.05, 4.69) is 0 Å². The standard InChI is InChI=1S/C18H14O4/c19-16(20)11-8-13-6-9-14(10-7-13)17(21)18(12-22-18)15-4-2-1-3-5-15/h1-11H,12H2,(H,19,20). The molecule has 1 unspecified atom stereocenters. The molecule has 0 bridgehead atoms. The lowest BCUT2D eigenvalue weighted by Gasteiger charge is -2.11. The molecule has 110 valence electrons. The zero-order chi connectivity index (χ0) is 15.6. The molecule has 4 nitrogen and oxygen atoms in total. The molecule has 0 aromatic heterocycles. The second-order valence-electron chi connectivity index (χ2n) is 5.10. The summed E-state index contributed by atoms with van der Waals surface area (Å²) >= 11 is 0. The summed E-state index contributed by atoms with van der Waals surface area (Å²) in [6, 6.07) is 16.2. The quantitative estimate of drug-likeness (QED) is 0.523. The topological polar surface area (TPSA) is 66.9 Å². The van der Waals surface area contributed by atoms with Gasteiger partial charge < -0.3 is 9.84 Å². The van der Waals surface area contributed by atoms with Crippen molar-refractivity contribution in [3.63, 3.8) is 0 Å². The van der Waals surface area contributed by atoms with E-state index in [0.29, 0.717) is 12.2 Å². The maximum absolute atomic E-state index is 12.7. The third-order valence-corrected chi connectivity index (χ3v) is 3.63. The van der Waals surface area contributed by atoms with E-state index in [4.69, 9.17) is 9.84 Å². The number of carbonyl (C=O) groups is 2. The Labute approximate surface area is 127 Å². The Bertz CT molecular complexity index is 725. The predicted octanol–water partition coefficient (Wildman–Crippen LogP) is 2.89. The molecule has 1 atom stereocenters. The molecule has 0 radical (unpaired) electrons. The van der Waals surface area contributed by atoms with E-state index in [0.717, 1.165) is 17.2 Å². The van der Waals surface area contributed by atoms with Gasteiger partial charge in [0, 0.05) is 11.6 Å². The second kappa shape index (κ2) is 5.58. The highest BCUT2D eigenvalue weighted by atomic mass is 16.6. The zero-order valence-electron chi connectivity index (χ0n) is 11.7. The number of carbonyl (C=O) groups excluding carboxylic acids is 1. The maximum Gasteiger partial charge on any atom is 0.328 e. The molecule has 4 heteroatoms. The Morgan fingerprint density at radius 1 is 1.05 bits per heavy atom. The number of carboxylic acid groups (broad SMARTS) is 1. The van der Waals surface area contributed by atoms with Crippen molar-refractivity contribution in [1.82, 2.24) is 0 Å². The van der Waals surface area contributed by atoms with Gasteiger partial charge in [-0.1, -0.05) is 54.6 Å². The van der Waals surface area contributed by atoms with Gasteiger partial charge in [0.05, 0.1) is 6.61 Å². The number of carboxylic acids is 1. The maximum atomic E-state index is 12.7. The largest absolute Gasteiger partial charge is 0.478 e. The van der Waals surface area contributed by atoms with Gasteiger partial charge in [-0.25, -0.2) is 4.79 Å². The van der Waals surface area contributed by atoms with Crippen molar-refractivity contribution in [3.05, 3.63) is 77.4 Å². The monoisotopic (exact) mass is 294 g/mol. The second-order valence-corrected chi connectivity index (χ2v) is 5.10. The van der Waals surface area contributed by atoms with E-state index in [9.17, 15) is 9.59 Å². The highest BCUT2D eigenvalue weighted by Gasteiger charge is 2.53. The van der Waals surface area contributed by atoms with Crippen molar-refractivity contribution in [2.24, 2.45) is 0 Å². The minimum atomic E-state index is -1.01. The van der Waals surface area contributed by atoms with Crippen molar-refractivity contribution in [3.8, 4) is 0 Å². The number of aliphatic carboxylic acids is 1. The Morgan fingerprint density at radius 2 is 1.68 bits per heavy atom. The Morgan fingerprint density at radius 3 is 2.23 bits per heavy atom. The SMILES string of the molecule is O=C(O)C=Cc1ccc(C(=O)C2(c3ccccc3)CO2)cc1. The molecule has 1 saturated heterocycles. The van der Waals surface area contributed by atoms with Crippen LogP contribution >= 0.6 is 0 Å². The first-order chi connectivity index (χ1) is 10.6. The number of epoxide rings is 1. The molecule has 0 spiro atoms. The van der Waals surface area contributed by atoms with Crippen LogP contribution in [0.15, 0.2) is 60.7 Å². The minimum absolute atomic E-state index is 0.0764. The van der Waals surface area contributed by atoms with Crippen LogP contribution in [0.3, 0.4) is 0 Å². The summed E-state index contributed by atoms with van der Waals surface area (Å²) in [5.74, 6) is -1.08. The third kappa shape index (κ3) is 2.69. The molecule has 1 fully saturated rings. The van der Waals surface area contributed by atoms with Crippen molar-refractivity contribution in [1.29, 1.82) is 0 Å². The van der Waals surface area contributed by atoms with Gasteiger partial charge in [0.15, 0.2) is 5.60 Å². The molecule has 3 rings (SSSR count). The average Bonchev–Trinajstić information content (AvgIpc) is 3.35. The van der Waals surface area contributed by atoms with Crippen molar-refractivity contribution in [2.45, 2.75) is 5.60 Å². The highest BCUT2D eigenvalue weighted by molar-refractivity contribution is 6.04. The van der Waals surface area contributed by atoms with Crippen LogP contribution in [0.25, 0.3) is 6.08 Å². The van der Waals surface area contributed by atoms with Crippen LogP contribution < -0.4 is 0 Å². The molecule has 22 heavy (non-hydrogen) atoms. The number of hydrogen-bond acceptors (Lipinski definition) is 3. The summed E-state index contributed by atoms with van der Waals surface area (Å²) in [6.45, 7) is 0.385. The number of rotatable bonds is 5. The molecule has 0 saturated carbocycles. The highest BCUT2D eigenvalue weighted by Crippen LogP contribution is 2.41. The molecule has 1 aliphatic rings. The smallest absolute Gasteiger partial charge is 0.328 e. The molecule has 2 aromatic rings. The normalized spacial score (nSPS) is 20.0. The zero-order valence-corrected chi connectivity index (χ0v) is 11.7. The van der Waals surface area contributed by atoms with Crippen molar-refractivity contribution in [2.75, 3.05) is 6.61 Å².